The van der Waals surface area contributed by atoms with Crippen LogP contribution in [0.1, 0.15) is 35.5 Å². The molecule has 2 N–H and O–H groups in total. The molecule has 0 aliphatic carbocycles. The van der Waals surface area contributed by atoms with Gasteiger partial charge in [-0.3, -0.25) is 4.79 Å². The molecule has 1 heterocycles. The van der Waals surface area contributed by atoms with Crippen molar-refractivity contribution in [3.8, 4) is 0 Å². The number of benzene rings is 1. The van der Waals surface area contributed by atoms with E-state index in [2.05, 4.69) is 0 Å². The van der Waals surface area contributed by atoms with E-state index in [1.54, 1.807) is 11.0 Å². The zero-order valence-corrected chi connectivity index (χ0v) is 12.1. The number of aryl methyl sites for hydroxylation is 1. The average Bonchev–Trinajstić information content (AvgIpc) is 2.82. The predicted molar refractivity (Wildman–Crippen MR) is 79.3 cm³/mol. The fourth-order valence-electron chi connectivity index (χ4n) is 2.10. The average molecular weight is 272 g/mol. The Morgan fingerprint density at radius 1 is 1.35 bits per heavy atom. The minimum absolute atomic E-state index is 0.0284. The Kier molecular flexibility index (Phi) is 4.13. The first-order valence-electron chi connectivity index (χ1n) is 6.68. The number of nitrogens with two attached hydrogens (primary N) is 1. The maximum absolute atomic E-state index is 12.5. The van der Waals surface area contributed by atoms with Crippen LogP contribution in [0, 0.1) is 6.92 Å². The maximum atomic E-state index is 12.5. The van der Waals surface area contributed by atoms with Gasteiger partial charge in [-0.1, -0.05) is 12.1 Å². The lowest BCUT2D eigenvalue weighted by molar-refractivity contribution is 0.0689. The van der Waals surface area contributed by atoms with E-state index in [1.807, 2.05) is 45.0 Å². The van der Waals surface area contributed by atoms with Gasteiger partial charge < -0.3 is 15.1 Å². The van der Waals surface area contributed by atoms with E-state index in [0.717, 1.165) is 11.3 Å². The summed E-state index contributed by atoms with van der Waals surface area (Å²) in [7, 11) is 0. The molecule has 0 saturated carbocycles. The van der Waals surface area contributed by atoms with Gasteiger partial charge in [0.15, 0.2) is 0 Å². The topological polar surface area (TPSA) is 59.5 Å². The summed E-state index contributed by atoms with van der Waals surface area (Å²) in [5.41, 5.74) is 8.09. The van der Waals surface area contributed by atoms with Crippen molar-refractivity contribution < 1.29 is 9.21 Å². The third-order valence-electron chi connectivity index (χ3n) is 3.17. The first kappa shape index (κ1) is 14.2. The summed E-state index contributed by atoms with van der Waals surface area (Å²) in [6.07, 6.45) is 1.51. The molecule has 0 radical (unpaired) electrons. The fourth-order valence-corrected chi connectivity index (χ4v) is 2.10. The molecule has 4 nitrogen and oxygen atoms in total. The molecule has 0 aliphatic rings. The van der Waals surface area contributed by atoms with E-state index in [4.69, 9.17) is 10.2 Å². The SMILES string of the molecule is Cc1cc(C(=O)N(Cc2cccc(N)c2)C(C)C)co1. The Morgan fingerprint density at radius 2 is 2.10 bits per heavy atom. The molecule has 1 amide bonds. The summed E-state index contributed by atoms with van der Waals surface area (Å²) < 4.78 is 5.22. The van der Waals surface area contributed by atoms with Crippen molar-refractivity contribution in [2.45, 2.75) is 33.4 Å². The lowest BCUT2D eigenvalue weighted by Gasteiger charge is -2.26. The van der Waals surface area contributed by atoms with Gasteiger partial charge in [0.05, 0.1) is 5.56 Å². The first-order chi connectivity index (χ1) is 9.47. The van der Waals surface area contributed by atoms with Crippen molar-refractivity contribution in [2.75, 3.05) is 5.73 Å². The predicted octanol–water partition coefficient (Wildman–Crippen LogP) is 3.22. The smallest absolute Gasteiger partial charge is 0.257 e. The number of nitrogen functional groups attached to an aromatic ring is 1. The number of carbonyl (C=O) groups is 1. The molecule has 0 bridgehead atoms. The highest BCUT2D eigenvalue weighted by atomic mass is 16.3. The molecular formula is C16H20N2O2. The normalized spacial score (nSPS) is 10.8. The highest BCUT2D eigenvalue weighted by Crippen LogP contribution is 2.16. The number of hydrogen-bond acceptors (Lipinski definition) is 3. The van der Waals surface area contributed by atoms with Gasteiger partial charge in [-0.2, -0.15) is 0 Å². The van der Waals surface area contributed by atoms with Gasteiger partial charge in [-0.05, 0) is 44.5 Å². The lowest BCUT2D eigenvalue weighted by Crippen LogP contribution is -2.36. The zero-order valence-electron chi connectivity index (χ0n) is 12.1. The summed E-state index contributed by atoms with van der Waals surface area (Å²) in [6.45, 7) is 6.36. The van der Waals surface area contributed by atoms with Gasteiger partial charge in [-0.15, -0.1) is 0 Å². The Balaban J connectivity index is 2.21. The van der Waals surface area contributed by atoms with E-state index in [9.17, 15) is 4.79 Å². The molecule has 0 fully saturated rings. The first-order valence-corrected chi connectivity index (χ1v) is 6.68. The van der Waals surface area contributed by atoms with E-state index in [1.165, 1.54) is 6.26 Å². The molecule has 2 aromatic rings. The van der Waals surface area contributed by atoms with Crippen LogP contribution in [0.5, 0.6) is 0 Å². The number of anilines is 1. The van der Waals surface area contributed by atoms with E-state index in [-0.39, 0.29) is 11.9 Å². The van der Waals surface area contributed by atoms with Gasteiger partial charge in [-0.25, -0.2) is 0 Å². The van der Waals surface area contributed by atoms with E-state index in [0.29, 0.717) is 17.8 Å². The molecule has 0 spiro atoms. The summed E-state index contributed by atoms with van der Waals surface area (Å²) in [6, 6.07) is 9.46. The van der Waals surface area contributed by atoms with E-state index < -0.39 is 0 Å². The van der Waals surface area contributed by atoms with Crippen molar-refractivity contribution in [3.63, 3.8) is 0 Å². The number of rotatable bonds is 4. The number of furan rings is 1. The lowest BCUT2D eigenvalue weighted by atomic mass is 10.1. The van der Waals surface area contributed by atoms with Crippen LogP contribution >= 0.6 is 0 Å². The van der Waals surface area contributed by atoms with Crippen LogP contribution in [0.4, 0.5) is 5.69 Å². The Labute approximate surface area is 119 Å². The van der Waals surface area contributed by atoms with E-state index >= 15 is 0 Å². The van der Waals surface area contributed by atoms with Crippen LogP contribution < -0.4 is 5.73 Å². The summed E-state index contributed by atoms with van der Waals surface area (Å²) in [4.78, 5) is 14.3. The standard InChI is InChI=1S/C16H20N2O2/c1-11(2)18(9-13-5-4-6-15(17)8-13)16(19)14-7-12(3)20-10-14/h4-8,10-11H,9,17H2,1-3H3. The third kappa shape index (κ3) is 3.20. The Morgan fingerprint density at radius 3 is 2.65 bits per heavy atom. The molecule has 1 aromatic heterocycles. The zero-order chi connectivity index (χ0) is 14.7. The third-order valence-corrected chi connectivity index (χ3v) is 3.17. The summed E-state index contributed by atoms with van der Waals surface area (Å²) in [5.74, 6) is 0.709. The minimum Gasteiger partial charge on any atom is -0.469 e. The molecule has 0 saturated heterocycles. The van der Waals surface area contributed by atoms with Gasteiger partial charge in [0.2, 0.25) is 0 Å². The molecule has 1 aromatic carbocycles. The minimum atomic E-state index is -0.0284. The van der Waals surface area contributed by atoms with Crippen molar-refractivity contribution in [1.29, 1.82) is 0 Å². The molecule has 20 heavy (non-hydrogen) atoms. The molecule has 0 unspecified atom stereocenters. The summed E-state index contributed by atoms with van der Waals surface area (Å²) in [5, 5.41) is 0. The second-order valence-corrected chi connectivity index (χ2v) is 5.22. The second kappa shape index (κ2) is 5.82. The molecule has 4 heteroatoms. The van der Waals surface area contributed by atoms with Gasteiger partial charge >= 0.3 is 0 Å². The number of hydrogen-bond donors (Lipinski definition) is 1. The van der Waals surface area contributed by atoms with Crippen LogP contribution in [-0.4, -0.2) is 16.8 Å². The monoisotopic (exact) mass is 272 g/mol. The Bertz CT molecular complexity index is 602. The Hall–Kier alpha value is -2.23. The van der Waals surface area contributed by atoms with Gasteiger partial charge in [0.1, 0.15) is 12.0 Å². The molecule has 2 rings (SSSR count). The fraction of sp³-hybridized carbons (Fsp3) is 0.312. The largest absolute Gasteiger partial charge is 0.469 e. The number of carbonyl (C=O) groups excluding carboxylic acids is 1. The van der Waals surface area contributed by atoms with Gasteiger partial charge in [0.25, 0.3) is 5.91 Å². The van der Waals surface area contributed by atoms with Crippen LogP contribution in [0.3, 0.4) is 0 Å². The quantitative estimate of drug-likeness (QED) is 0.869. The van der Waals surface area contributed by atoms with Crippen molar-refractivity contribution in [2.24, 2.45) is 0 Å². The van der Waals surface area contributed by atoms with Crippen LogP contribution in [0.15, 0.2) is 41.0 Å². The maximum Gasteiger partial charge on any atom is 0.257 e. The molecule has 0 atom stereocenters. The molecular weight excluding hydrogens is 252 g/mol. The van der Waals surface area contributed by atoms with Crippen LogP contribution in [0.2, 0.25) is 0 Å². The molecule has 106 valence electrons. The van der Waals surface area contributed by atoms with Crippen LogP contribution in [-0.2, 0) is 6.54 Å². The van der Waals surface area contributed by atoms with Crippen molar-refractivity contribution in [1.82, 2.24) is 4.90 Å². The van der Waals surface area contributed by atoms with Gasteiger partial charge in [0, 0.05) is 18.3 Å². The highest BCUT2D eigenvalue weighted by molar-refractivity contribution is 5.94. The summed E-state index contributed by atoms with van der Waals surface area (Å²) >= 11 is 0. The second-order valence-electron chi connectivity index (χ2n) is 5.22. The van der Waals surface area contributed by atoms with Crippen LogP contribution in [0.25, 0.3) is 0 Å². The highest BCUT2D eigenvalue weighted by Gasteiger charge is 2.20. The van der Waals surface area contributed by atoms with Crippen molar-refractivity contribution in [3.05, 3.63) is 53.5 Å². The number of amides is 1. The number of nitrogens with zero attached hydrogens (tertiary/aromatic N) is 1. The van der Waals surface area contributed by atoms with Crippen molar-refractivity contribution >= 4 is 11.6 Å². The molecule has 0 aliphatic heterocycles.